The number of rotatable bonds is 4. The molecule has 0 radical (unpaired) electrons. The number of nitrogens with one attached hydrogen (secondary N) is 1. The zero-order valence-electron chi connectivity index (χ0n) is 9.85. The van der Waals surface area contributed by atoms with E-state index in [0.717, 1.165) is 0 Å². The first-order valence-electron chi connectivity index (χ1n) is 5.34. The molecule has 2 heteroatoms. The molecule has 1 rings (SSSR count). The Morgan fingerprint density at radius 3 is 2.43 bits per heavy atom. The van der Waals surface area contributed by atoms with Gasteiger partial charge in [-0.1, -0.05) is 20.3 Å². The van der Waals surface area contributed by atoms with Crippen LogP contribution in [0.5, 0.6) is 0 Å². The van der Waals surface area contributed by atoms with Gasteiger partial charge in [-0.05, 0) is 38.4 Å². The van der Waals surface area contributed by atoms with Crippen LogP contribution in [0.4, 0.5) is 0 Å². The summed E-state index contributed by atoms with van der Waals surface area (Å²) in [7, 11) is 2.06. The first kappa shape index (κ1) is 11.7. The SMILES string of the molecule is CCC(C)C(NC)c1cc(C)c(C)s1. The summed E-state index contributed by atoms with van der Waals surface area (Å²) in [5.41, 5.74) is 1.42. The van der Waals surface area contributed by atoms with Crippen molar-refractivity contribution in [2.24, 2.45) is 5.92 Å². The molecule has 0 aliphatic carbocycles. The molecule has 0 spiro atoms. The summed E-state index contributed by atoms with van der Waals surface area (Å²) in [6, 6.07) is 2.85. The Bertz CT molecular complexity index is 271. The van der Waals surface area contributed by atoms with Crippen molar-refractivity contribution in [1.29, 1.82) is 0 Å². The van der Waals surface area contributed by atoms with Crippen molar-refractivity contribution in [3.05, 3.63) is 21.4 Å². The molecule has 80 valence electrons. The Hall–Kier alpha value is -0.340. The predicted molar refractivity (Wildman–Crippen MR) is 65.0 cm³/mol. The topological polar surface area (TPSA) is 12.0 Å². The minimum atomic E-state index is 0.525. The van der Waals surface area contributed by atoms with Crippen LogP contribution in [-0.4, -0.2) is 7.05 Å². The highest BCUT2D eigenvalue weighted by Crippen LogP contribution is 2.31. The van der Waals surface area contributed by atoms with Crippen molar-refractivity contribution in [3.8, 4) is 0 Å². The van der Waals surface area contributed by atoms with Crippen LogP contribution in [0.3, 0.4) is 0 Å². The summed E-state index contributed by atoms with van der Waals surface area (Å²) in [6.45, 7) is 8.96. The largest absolute Gasteiger partial charge is 0.312 e. The molecule has 0 aromatic carbocycles. The molecular formula is C12H21NS. The van der Waals surface area contributed by atoms with Gasteiger partial charge >= 0.3 is 0 Å². The molecule has 1 aromatic rings. The maximum atomic E-state index is 3.42. The zero-order valence-corrected chi connectivity index (χ0v) is 10.7. The second-order valence-corrected chi connectivity index (χ2v) is 5.33. The third kappa shape index (κ3) is 2.37. The quantitative estimate of drug-likeness (QED) is 0.801. The van der Waals surface area contributed by atoms with E-state index in [2.05, 4.69) is 46.1 Å². The van der Waals surface area contributed by atoms with E-state index in [1.165, 1.54) is 21.7 Å². The maximum Gasteiger partial charge on any atom is 0.0438 e. The molecule has 0 aliphatic rings. The smallest absolute Gasteiger partial charge is 0.0438 e. The predicted octanol–water partition coefficient (Wildman–Crippen LogP) is 3.67. The lowest BCUT2D eigenvalue weighted by Gasteiger charge is -2.20. The summed E-state index contributed by atoms with van der Waals surface area (Å²) in [4.78, 5) is 2.93. The average molecular weight is 211 g/mol. The number of hydrogen-bond donors (Lipinski definition) is 1. The molecule has 2 atom stereocenters. The summed E-state index contributed by atoms with van der Waals surface area (Å²) < 4.78 is 0. The van der Waals surface area contributed by atoms with Gasteiger partial charge < -0.3 is 5.32 Å². The molecule has 0 aliphatic heterocycles. The fourth-order valence-electron chi connectivity index (χ4n) is 1.70. The summed E-state index contributed by atoms with van der Waals surface area (Å²) in [6.07, 6.45) is 1.22. The van der Waals surface area contributed by atoms with E-state index in [1.54, 1.807) is 0 Å². The molecule has 0 saturated carbocycles. The molecular weight excluding hydrogens is 190 g/mol. The second kappa shape index (κ2) is 4.94. The molecule has 1 nitrogen and oxygen atoms in total. The van der Waals surface area contributed by atoms with Gasteiger partial charge in [0.25, 0.3) is 0 Å². The van der Waals surface area contributed by atoms with Crippen LogP contribution >= 0.6 is 11.3 Å². The highest BCUT2D eigenvalue weighted by Gasteiger charge is 2.18. The molecule has 14 heavy (non-hydrogen) atoms. The van der Waals surface area contributed by atoms with Gasteiger partial charge in [-0.3, -0.25) is 0 Å². The van der Waals surface area contributed by atoms with Crippen LogP contribution in [0, 0.1) is 19.8 Å². The zero-order chi connectivity index (χ0) is 10.7. The van der Waals surface area contributed by atoms with Crippen LogP contribution in [0.25, 0.3) is 0 Å². The second-order valence-electron chi connectivity index (χ2n) is 4.04. The van der Waals surface area contributed by atoms with Crippen molar-refractivity contribution in [3.63, 3.8) is 0 Å². The average Bonchev–Trinajstić information content (AvgIpc) is 2.48. The van der Waals surface area contributed by atoms with Gasteiger partial charge in [0.2, 0.25) is 0 Å². The van der Waals surface area contributed by atoms with Crippen molar-refractivity contribution in [2.75, 3.05) is 7.05 Å². The molecule has 2 unspecified atom stereocenters. The molecule has 0 fully saturated rings. The number of thiophene rings is 1. The monoisotopic (exact) mass is 211 g/mol. The Morgan fingerprint density at radius 2 is 2.07 bits per heavy atom. The van der Waals surface area contributed by atoms with E-state index in [0.29, 0.717) is 12.0 Å². The van der Waals surface area contributed by atoms with Crippen molar-refractivity contribution in [2.45, 2.75) is 40.2 Å². The molecule has 0 amide bonds. The fourth-order valence-corrected chi connectivity index (χ4v) is 2.98. The highest BCUT2D eigenvalue weighted by atomic mass is 32.1. The van der Waals surface area contributed by atoms with E-state index in [1.807, 2.05) is 11.3 Å². The van der Waals surface area contributed by atoms with E-state index >= 15 is 0 Å². The van der Waals surface area contributed by atoms with Crippen molar-refractivity contribution >= 4 is 11.3 Å². The number of aryl methyl sites for hydroxylation is 2. The van der Waals surface area contributed by atoms with Gasteiger partial charge in [-0.25, -0.2) is 0 Å². The normalized spacial score (nSPS) is 15.5. The van der Waals surface area contributed by atoms with Gasteiger partial charge in [0, 0.05) is 15.8 Å². The van der Waals surface area contributed by atoms with Crippen LogP contribution in [0.15, 0.2) is 6.07 Å². The summed E-state index contributed by atoms with van der Waals surface area (Å²) in [5, 5.41) is 3.42. The highest BCUT2D eigenvalue weighted by molar-refractivity contribution is 7.12. The fraction of sp³-hybridized carbons (Fsp3) is 0.667. The first-order chi connectivity index (χ1) is 6.60. The van der Waals surface area contributed by atoms with Gasteiger partial charge in [0.05, 0.1) is 0 Å². The summed E-state index contributed by atoms with van der Waals surface area (Å²) in [5.74, 6) is 0.706. The third-order valence-corrected chi connectivity index (χ3v) is 4.25. The molecule has 1 heterocycles. The minimum absolute atomic E-state index is 0.525. The lowest BCUT2D eigenvalue weighted by molar-refractivity contribution is 0.406. The minimum Gasteiger partial charge on any atom is -0.312 e. The third-order valence-electron chi connectivity index (χ3n) is 3.02. The molecule has 0 saturated heterocycles. The van der Waals surface area contributed by atoms with Gasteiger partial charge in [0.15, 0.2) is 0 Å². The van der Waals surface area contributed by atoms with E-state index < -0.39 is 0 Å². The van der Waals surface area contributed by atoms with Gasteiger partial charge in [0.1, 0.15) is 0 Å². The Kier molecular flexibility index (Phi) is 4.14. The lowest BCUT2D eigenvalue weighted by atomic mass is 9.98. The first-order valence-corrected chi connectivity index (χ1v) is 6.16. The Balaban J connectivity index is 2.89. The Morgan fingerprint density at radius 1 is 1.43 bits per heavy atom. The summed E-state index contributed by atoms with van der Waals surface area (Å²) >= 11 is 1.93. The molecule has 1 aromatic heterocycles. The van der Waals surface area contributed by atoms with Crippen LogP contribution in [-0.2, 0) is 0 Å². The molecule has 0 bridgehead atoms. The standard InChI is InChI=1S/C12H21NS/c1-6-8(2)12(13-5)11-7-9(3)10(4)14-11/h7-8,12-13H,6H2,1-5H3. The van der Waals surface area contributed by atoms with Gasteiger partial charge in [-0.15, -0.1) is 11.3 Å². The van der Waals surface area contributed by atoms with Crippen LogP contribution in [0.1, 0.15) is 41.6 Å². The van der Waals surface area contributed by atoms with Crippen LogP contribution in [0.2, 0.25) is 0 Å². The van der Waals surface area contributed by atoms with Crippen molar-refractivity contribution in [1.82, 2.24) is 5.32 Å². The Labute approximate surface area is 91.5 Å². The number of hydrogen-bond acceptors (Lipinski definition) is 2. The van der Waals surface area contributed by atoms with Gasteiger partial charge in [-0.2, -0.15) is 0 Å². The molecule has 1 N–H and O–H groups in total. The van der Waals surface area contributed by atoms with E-state index in [4.69, 9.17) is 0 Å². The van der Waals surface area contributed by atoms with Crippen molar-refractivity contribution < 1.29 is 0 Å². The maximum absolute atomic E-state index is 3.42. The van der Waals surface area contributed by atoms with E-state index in [9.17, 15) is 0 Å². The van der Waals surface area contributed by atoms with Crippen LogP contribution < -0.4 is 5.32 Å². The van der Waals surface area contributed by atoms with E-state index in [-0.39, 0.29) is 0 Å². The lowest BCUT2D eigenvalue weighted by Crippen LogP contribution is -2.22.